The molecule has 0 saturated carbocycles. The third-order valence-electron chi connectivity index (χ3n) is 7.34. The van der Waals surface area contributed by atoms with E-state index in [0.29, 0.717) is 0 Å². The summed E-state index contributed by atoms with van der Waals surface area (Å²) in [5.74, 6) is 0. The lowest BCUT2D eigenvalue weighted by Gasteiger charge is -2.09. The molecular formula is C35H21N3S. The van der Waals surface area contributed by atoms with Crippen molar-refractivity contribution in [2.45, 2.75) is 0 Å². The van der Waals surface area contributed by atoms with Gasteiger partial charge < -0.3 is 0 Å². The van der Waals surface area contributed by atoms with Gasteiger partial charge in [0.2, 0.25) is 0 Å². The Labute approximate surface area is 229 Å². The number of hydrogen-bond acceptors (Lipinski definition) is 4. The Morgan fingerprint density at radius 2 is 1.08 bits per heavy atom. The van der Waals surface area contributed by atoms with Crippen LogP contribution in [0, 0.1) is 0 Å². The van der Waals surface area contributed by atoms with Gasteiger partial charge in [0.05, 0.1) is 28.1 Å². The molecule has 0 aliphatic heterocycles. The Kier molecular flexibility index (Phi) is 5.00. The van der Waals surface area contributed by atoms with Gasteiger partial charge in [0.1, 0.15) is 0 Å². The van der Waals surface area contributed by atoms with Crippen molar-refractivity contribution in [1.29, 1.82) is 0 Å². The minimum absolute atomic E-state index is 0.850. The smallest absolute Gasteiger partial charge is 0.0973 e. The Balaban J connectivity index is 1.19. The standard InChI is InChI=1S/C35H21N3S/c1-2-7-32-27(5-1)28-21-26(16-19-33(28)39-32)22-8-10-23(11-9-22)29-17-14-24-12-13-25-15-18-31(30-6-3-4-20-36-30)38-35(25)34(24)37-29/h1-21H. The molecule has 0 radical (unpaired) electrons. The van der Waals surface area contributed by atoms with Crippen LogP contribution in [0.2, 0.25) is 0 Å². The van der Waals surface area contributed by atoms with E-state index in [1.165, 1.54) is 31.3 Å². The van der Waals surface area contributed by atoms with E-state index in [1.807, 2.05) is 35.6 Å². The second kappa shape index (κ2) is 8.83. The van der Waals surface area contributed by atoms with Crippen molar-refractivity contribution < 1.29 is 0 Å². The van der Waals surface area contributed by atoms with Crippen molar-refractivity contribution in [3.05, 3.63) is 128 Å². The molecule has 182 valence electrons. The molecule has 0 saturated heterocycles. The highest BCUT2D eigenvalue weighted by molar-refractivity contribution is 7.25. The average molecular weight is 516 g/mol. The summed E-state index contributed by atoms with van der Waals surface area (Å²) in [6, 6.07) is 42.6. The van der Waals surface area contributed by atoms with Gasteiger partial charge >= 0.3 is 0 Å². The molecule has 0 aliphatic rings. The lowest BCUT2D eigenvalue weighted by Crippen LogP contribution is -1.92. The molecule has 0 amide bonds. The van der Waals surface area contributed by atoms with Gasteiger partial charge in [0.15, 0.2) is 0 Å². The Hall–Kier alpha value is -4.93. The average Bonchev–Trinajstić information content (AvgIpc) is 3.39. The Morgan fingerprint density at radius 1 is 0.436 bits per heavy atom. The highest BCUT2D eigenvalue weighted by atomic mass is 32.1. The van der Waals surface area contributed by atoms with Gasteiger partial charge in [-0.3, -0.25) is 4.98 Å². The summed E-state index contributed by atoms with van der Waals surface area (Å²) >= 11 is 1.85. The molecule has 0 atom stereocenters. The molecule has 3 nitrogen and oxygen atoms in total. The number of nitrogens with zero attached hydrogens (tertiary/aromatic N) is 3. The van der Waals surface area contributed by atoms with Crippen LogP contribution in [0.1, 0.15) is 0 Å². The first-order chi connectivity index (χ1) is 19.3. The molecule has 4 aromatic heterocycles. The molecule has 8 rings (SSSR count). The first-order valence-corrected chi connectivity index (χ1v) is 13.8. The molecule has 39 heavy (non-hydrogen) atoms. The minimum Gasteiger partial charge on any atom is -0.255 e. The predicted molar refractivity (Wildman–Crippen MR) is 164 cm³/mol. The van der Waals surface area contributed by atoms with E-state index in [2.05, 4.69) is 102 Å². The lowest BCUT2D eigenvalue weighted by molar-refractivity contribution is 1.27. The van der Waals surface area contributed by atoms with Gasteiger partial charge in [-0.15, -0.1) is 11.3 Å². The molecular weight excluding hydrogens is 494 g/mol. The van der Waals surface area contributed by atoms with Crippen LogP contribution in [0.3, 0.4) is 0 Å². The van der Waals surface area contributed by atoms with Crippen LogP contribution >= 0.6 is 11.3 Å². The van der Waals surface area contributed by atoms with E-state index in [0.717, 1.165) is 44.5 Å². The van der Waals surface area contributed by atoms with E-state index in [4.69, 9.17) is 9.97 Å². The predicted octanol–water partition coefficient (Wildman–Crippen LogP) is 9.55. The third kappa shape index (κ3) is 3.77. The molecule has 4 aromatic carbocycles. The quantitative estimate of drug-likeness (QED) is 0.220. The van der Waals surface area contributed by atoms with Crippen LogP contribution in [-0.4, -0.2) is 15.0 Å². The maximum absolute atomic E-state index is 5.10. The SMILES string of the molecule is c1ccc(-c2ccc3ccc4ccc(-c5ccc(-c6ccc7sc8ccccc8c7c6)cc5)nc4c3n2)nc1. The van der Waals surface area contributed by atoms with Crippen LogP contribution in [-0.2, 0) is 0 Å². The fourth-order valence-corrected chi connectivity index (χ4v) is 6.41. The van der Waals surface area contributed by atoms with Crippen LogP contribution < -0.4 is 0 Å². The van der Waals surface area contributed by atoms with E-state index in [1.54, 1.807) is 6.20 Å². The largest absolute Gasteiger partial charge is 0.255 e. The zero-order valence-electron chi connectivity index (χ0n) is 20.9. The van der Waals surface area contributed by atoms with Gasteiger partial charge in [-0.2, -0.15) is 0 Å². The molecule has 0 unspecified atom stereocenters. The van der Waals surface area contributed by atoms with Gasteiger partial charge in [0, 0.05) is 42.7 Å². The van der Waals surface area contributed by atoms with Crippen molar-refractivity contribution >= 4 is 53.3 Å². The summed E-state index contributed by atoms with van der Waals surface area (Å²) < 4.78 is 2.65. The first-order valence-electron chi connectivity index (χ1n) is 12.9. The number of hydrogen-bond donors (Lipinski definition) is 0. The fourth-order valence-electron chi connectivity index (χ4n) is 5.32. The molecule has 0 fully saturated rings. The summed E-state index contributed by atoms with van der Waals surface area (Å²) in [7, 11) is 0. The van der Waals surface area contributed by atoms with Crippen LogP contribution in [0.15, 0.2) is 128 Å². The van der Waals surface area contributed by atoms with Crippen molar-refractivity contribution in [2.24, 2.45) is 0 Å². The summed E-state index contributed by atoms with van der Waals surface area (Å²) in [6.07, 6.45) is 1.80. The molecule has 8 aromatic rings. The monoisotopic (exact) mass is 515 g/mol. The summed E-state index contributed by atoms with van der Waals surface area (Å²) in [6.45, 7) is 0. The number of fused-ring (bicyclic) bond motifs is 6. The highest BCUT2D eigenvalue weighted by Crippen LogP contribution is 2.36. The molecule has 0 aliphatic carbocycles. The number of pyridine rings is 3. The minimum atomic E-state index is 0.850. The van der Waals surface area contributed by atoms with Crippen molar-refractivity contribution in [3.63, 3.8) is 0 Å². The molecule has 0 bridgehead atoms. The summed E-state index contributed by atoms with van der Waals surface area (Å²) in [4.78, 5) is 14.6. The van der Waals surface area contributed by atoms with Crippen molar-refractivity contribution in [3.8, 4) is 33.8 Å². The Morgan fingerprint density at radius 3 is 1.87 bits per heavy atom. The molecule has 4 heteroatoms. The lowest BCUT2D eigenvalue weighted by atomic mass is 10.0. The number of aromatic nitrogens is 3. The van der Waals surface area contributed by atoms with E-state index >= 15 is 0 Å². The topological polar surface area (TPSA) is 38.7 Å². The van der Waals surface area contributed by atoms with Gasteiger partial charge in [-0.1, -0.05) is 78.9 Å². The van der Waals surface area contributed by atoms with E-state index in [9.17, 15) is 0 Å². The normalized spacial score (nSPS) is 11.6. The Bertz CT molecular complexity index is 2160. The highest BCUT2D eigenvalue weighted by Gasteiger charge is 2.10. The third-order valence-corrected chi connectivity index (χ3v) is 8.49. The van der Waals surface area contributed by atoms with Crippen LogP contribution in [0.25, 0.3) is 75.8 Å². The zero-order chi connectivity index (χ0) is 25.8. The summed E-state index contributed by atoms with van der Waals surface area (Å²) in [5.41, 5.74) is 7.95. The van der Waals surface area contributed by atoms with Gasteiger partial charge in [-0.25, -0.2) is 9.97 Å². The zero-order valence-corrected chi connectivity index (χ0v) is 21.7. The number of thiophene rings is 1. The molecule has 4 heterocycles. The summed E-state index contributed by atoms with van der Waals surface area (Å²) in [5, 5.41) is 4.78. The fraction of sp³-hybridized carbons (Fsp3) is 0. The van der Waals surface area contributed by atoms with Crippen molar-refractivity contribution in [2.75, 3.05) is 0 Å². The van der Waals surface area contributed by atoms with E-state index in [-0.39, 0.29) is 0 Å². The van der Waals surface area contributed by atoms with Crippen LogP contribution in [0.4, 0.5) is 0 Å². The maximum atomic E-state index is 5.10. The number of benzene rings is 4. The van der Waals surface area contributed by atoms with Gasteiger partial charge in [0.25, 0.3) is 0 Å². The van der Waals surface area contributed by atoms with Gasteiger partial charge in [-0.05, 0) is 53.6 Å². The molecule has 0 spiro atoms. The molecule has 0 N–H and O–H groups in total. The van der Waals surface area contributed by atoms with Crippen LogP contribution in [0.5, 0.6) is 0 Å². The second-order valence-electron chi connectivity index (χ2n) is 9.70. The number of rotatable bonds is 3. The second-order valence-corrected chi connectivity index (χ2v) is 10.8. The van der Waals surface area contributed by atoms with Crippen molar-refractivity contribution in [1.82, 2.24) is 15.0 Å². The van der Waals surface area contributed by atoms with E-state index < -0.39 is 0 Å². The maximum Gasteiger partial charge on any atom is 0.0973 e. The first kappa shape index (κ1) is 22.1.